The summed E-state index contributed by atoms with van der Waals surface area (Å²) in [5.74, 6) is 0.402. The Labute approximate surface area is 174 Å². The van der Waals surface area contributed by atoms with E-state index in [1.807, 2.05) is 62.5 Å². The number of carbonyl (C=O) groups excluding carboxylic acids is 2. The zero-order chi connectivity index (χ0) is 20.5. The van der Waals surface area contributed by atoms with E-state index >= 15 is 0 Å². The Kier molecular flexibility index (Phi) is 5.11. The lowest BCUT2D eigenvalue weighted by Gasteiger charge is -2.30. The van der Waals surface area contributed by atoms with Crippen LogP contribution in [-0.4, -0.2) is 36.4 Å². The number of hydrogen-bond donors (Lipinski definition) is 1. The molecule has 7 heteroatoms. The first kappa shape index (κ1) is 19.2. The number of anilines is 3. The second-order valence-electron chi connectivity index (χ2n) is 7.23. The van der Waals surface area contributed by atoms with Gasteiger partial charge in [-0.25, -0.2) is 4.98 Å². The number of halogens is 1. The van der Waals surface area contributed by atoms with Gasteiger partial charge in [0.1, 0.15) is 11.0 Å². The van der Waals surface area contributed by atoms with Gasteiger partial charge in [0.15, 0.2) is 0 Å². The van der Waals surface area contributed by atoms with Crippen LogP contribution in [0.25, 0.3) is 10.8 Å². The highest BCUT2D eigenvalue weighted by Crippen LogP contribution is 2.32. The number of benzene rings is 2. The molecule has 29 heavy (non-hydrogen) atoms. The van der Waals surface area contributed by atoms with Crippen LogP contribution in [0.3, 0.4) is 0 Å². The lowest BCUT2D eigenvalue weighted by Crippen LogP contribution is -2.44. The van der Waals surface area contributed by atoms with E-state index in [1.165, 1.54) is 0 Å². The molecule has 1 atom stereocenters. The SMILES string of the molecule is CC1CC(=O)Nc2ccccc2N1C(=O)CN(C)c1cc2ccccc2c(Cl)n1. The minimum atomic E-state index is -0.257. The van der Waals surface area contributed by atoms with Crippen molar-refractivity contribution in [3.8, 4) is 0 Å². The van der Waals surface area contributed by atoms with Crippen molar-refractivity contribution in [3.63, 3.8) is 0 Å². The van der Waals surface area contributed by atoms with E-state index in [9.17, 15) is 9.59 Å². The predicted molar refractivity (Wildman–Crippen MR) is 117 cm³/mol. The summed E-state index contributed by atoms with van der Waals surface area (Å²) >= 11 is 6.34. The fraction of sp³-hybridized carbons (Fsp3) is 0.227. The van der Waals surface area contributed by atoms with Crippen molar-refractivity contribution in [2.75, 3.05) is 28.7 Å². The molecule has 0 saturated heterocycles. The molecule has 2 amide bonds. The fourth-order valence-corrected chi connectivity index (χ4v) is 3.93. The molecule has 6 nitrogen and oxygen atoms in total. The minimum absolute atomic E-state index is 0.100. The smallest absolute Gasteiger partial charge is 0.246 e. The maximum Gasteiger partial charge on any atom is 0.246 e. The average Bonchev–Trinajstić information content (AvgIpc) is 2.82. The van der Waals surface area contributed by atoms with Crippen LogP contribution in [0.5, 0.6) is 0 Å². The summed E-state index contributed by atoms with van der Waals surface area (Å²) in [6.07, 6.45) is 0.240. The van der Waals surface area contributed by atoms with E-state index in [0.29, 0.717) is 22.3 Å². The first-order valence-electron chi connectivity index (χ1n) is 9.41. The third kappa shape index (κ3) is 3.76. The highest BCUT2D eigenvalue weighted by atomic mass is 35.5. The largest absolute Gasteiger partial charge is 0.350 e. The van der Waals surface area contributed by atoms with Gasteiger partial charge >= 0.3 is 0 Å². The molecule has 2 aromatic carbocycles. The molecule has 1 aromatic heterocycles. The van der Waals surface area contributed by atoms with Crippen molar-refractivity contribution >= 4 is 51.4 Å². The van der Waals surface area contributed by atoms with Crippen molar-refractivity contribution in [2.45, 2.75) is 19.4 Å². The van der Waals surface area contributed by atoms with Gasteiger partial charge in [0.2, 0.25) is 11.8 Å². The van der Waals surface area contributed by atoms with Crippen LogP contribution < -0.4 is 15.1 Å². The summed E-state index contributed by atoms with van der Waals surface area (Å²) in [5, 5.41) is 5.11. The van der Waals surface area contributed by atoms with Crippen LogP contribution >= 0.6 is 11.6 Å². The fourth-order valence-electron chi connectivity index (χ4n) is 3.67. The third-order valence-corrected chi connectivity index (χ3v) is 5.36. The molecule has 1 aliphatic rings. The van der Waals surface area contributed by atoms with Crippen molar-refractivity contribution in [1.29, 1.82) is 0 Å². The number of carbonyl (C=O) groups is 2. The number of amides is 2. The summed E-state index contributed by atoms with van der Waals surface area (Å²) in [5.41, 5.74) is 1.35. The van der Waals surface area contributed by atoms with Crippen LogP contribution in [0.2, 0.25) is 5.15 Å². The molecular weight excluding hydrogens is 388 g/mol. The molecule has 0 saturated carbocycles. The molecular formula is C22H21ClN4O2. The molecule has 0 fully saturated rings. The van der Waals surface area contributed by atoms with Gasteiger partial charge in [-0.2, -0.15) is 0 Å². The van der Waals surface area contributed by atoms with E-state index in [4.69, 9.17) is 11.6 Å². The summed E-state index contributed by atoms with van der Waals surface area (Å²) in [7, 11) is 1.81. The Morgan fingerprint density at radius 3 is 2.79 bits per heavy atom. The Hall–Kier alpha value is -3.12. The molecule has 1 unspecified atom stereocenters. The van der Waals surface area contributed by atoms with Crippen molar-refractivity contribution < 1.29 is 9.59 Å². The second kappa shape index (κ2) is 7.72. The van der Waals surface area contributed by atoms with Crippen molar-refractivity contribution in [3.05, 3.63) is 59.8 Å². The normalized spacial score (nSPS) is 16.2. The molecule has 1 N–H and O–H groups in total. The van der Waals surface area contributed by atoms with Crippen molar-refractivity contribution in [1.82, 2.24) is 4.98 Å². The molecule has 0 bridgehead atoms. The van der Waals surface area contributed by atoms with Crippen LogP contribution in [0.1, 0.15) is 13.3 Å². The molecule has 148 valence electrons. The number of para-hydroxylation sites is 2. The van der Waals surface area contributed by atoms with Crippen LogP contribution in [0, 0.1) is 0 Å². The molecule has 1 aliphatic heterocycles. The number of nitrogens with one attached hydrogen (secondary N) is 1. The van der Waals surface area contributed by atoms with Gasteiger partial charge in [-0.1, -0.05) is 48.0 Å². The van der Waals surface area contributed by atoms with Crippen LogP contribution in [0.4, 0.5) is 17.2 Å². The molecule has 0 radical (unpaired) electrons. The maximum absolute atomic E-state index is 13.2. The average molecular weight is 409 g/mol. The van der Waals surface area contributed by atoms with Gasteiger partial charge in [-0.15, -0.1) is 0 Å². The zero-order valence-electron chi connectivity index (χ0n) is 16.2. The molecule has 4 rings (SSSR count). The standard InChI is InChI=1S/C22H21ClN4O2/c1-14-11-20(28)24-17-9-5-6-10-18(17)27(14)21(29)13-26(2)19-12-15-7-3-4-8-16(15)22(23)25-19/h3-10,12,14H,11,13H2,1-2H3,(H,24,28). The highest BCUT2D eigenvalue weighted by molar-refractivity contribution is 6.34. The summed E-state index contributed by atoms with van der Waals surface area (Å²) in [6.45, 7) is 1.99. The number of pyridine rings is 1. The second-order valence-corrected chi connectivity index (χ2v) is 7.59. The van der Waals surface area contributed by atoms with E-state index in [0.717, 1.165) is 10.8 Å². The Morgan fingerprint density at radius 1 is 1.24 bits per heavy atom. The topological polar surface area (TPSA) is 65.5 Å². The third-order valence-electron chi connectivity index (χ3n) is 5.07. The first-order chi connectivity index (χ1) is 13.9. The quantitative estimate of drug-likeness (QED) is 0.663. The van der Waals surface area contributed by atoms with E-state index < -0.39 is 0 Å². The van der Waals surface area contributed by atoms with Crippen LogP contribution in [-0.2, 0) is 9.59 Å². The van der Waals surface area contributed by atoms with E-state index in [-0.39, 0.29) is 30.8 Å². The molecule has 0 spiro atoms. The number of aromatic nitrogens is 1. The monoisotopic (exact) mass is 408 g/mol. The number of hydrogen-bond acceptors (Lipinski definition) is 4. The Balaban J connectivity index is 1.63. The molecule has 0 aliphatic carbocycles. The zero-order valence-corrected chi connectivity index (χ0v) is 17.0. The minimum Gasteiger partial charge on any atom is -0.350 e. The Morgan fingerprint density at radius 2 is 1.97 bits per heavy atom. The summed E-state index contributed by atoms with van der Waals surface area (Å²) in [6, 6.07) is 16.7. The molecule has 2 heterocycles. The van der Waals surface area contributed by atoms with Gasteiger partial charge in [-0.05, 0) is 30.5 Å². The lowest BCUT2D eigenvalue weighted by atomic mass is 10.1. The van der Waals surface area contributed by atoms with Gasteiger partial charge in [0, 0.05) is 24.9 Å². The number of nitrogens with zero attached hydrogens (tertiary/aromatic N) is 3. The van der Waals surface area contributed by atoms with Crippen LogP contribution in [0.15, 0.2) is 54.6 Å². The van der Waals surface area contributed by atoms with Crippen molar-refractivity contribution in [2.24, 2.45) is 0 Å². The van der Waals surface area contributed by atoms with Gasteiger partial charge in [0.05, 0.1) is 17.9 Å². The highest BCUT2D eigenvalue weighted by Gasteiger charge is 2.30. The number of rotatable bonds is 3. The Bertz CT molecular complexity index is 1100. The summed E-state index contributed by atoms with van der Waals surface area (Å²) < 4.78 is 0. The maximum atomic E-state index is 13.2. The first-order valence-corrected chi connectivity index (χ1v) is 9.79. The van der Waals surface area contributed by atoms with Gasteiger partial charge in [-0.3, -0.25) is 9.59 Å². The number of likely N-dealkylation sites (N-methyl/N-ethyl adjacent to an activating group) is 1. The number of fused-ring (bicyclic) bond motifs is 2. The molecule has 3 aromatic rings. The van der Waals surface area contributed by atoms with Gasteiger partial charge in [0.25, 0.3) is 0 Å². The van der Waals surface area contributed by atoms with E-state index in [2.05, 4.69) is 10.3 Å². The van der Waals surface area contributed by atoms with Gasteiger partial charge < -0.3 is 15.1 Å². The van der Waals surface area contributed by atoms with E-state index in [1.54, 1.807) is 15.9 Å². The lowest BCUT2D eigenvalue weighted by molar-refractivity contribution is -0.118. The predicted octanol–water partition coefficient (Wildman–Crippen LogP) is 4.09. The summed E-state index contributed by atoms with van der Waals surface area (Å²) in [4.78, 5) is 33.3.